The van der Waals surface area contributed by atoms with E-state index >= 15 is 0 Å². The largest absolute Gasteiger partial charge is 0.469 e. The first kappa shape index (κ1) is 14.6. The molecule has 1 aromatic rings. The van der Waals surface area contributed by atoms with Gasteiger partial charge in [0.15, 0.2) is 0 Å². The van der Waals surface area contributed by atoms with Gasteiger partial charge in [-0.25, -0.2) is 13.8 Å². The lowest BCUT2D eigenvalue weighted by molar-refractivity contribution is -0.139. The highest BCUT2D eigenvalue weighted by atomic mass is 127. The number of methoxy groups -OCH3 is 1. The lowest BCUT2D eigenvalue weighted by Gasteiger charge is -2.10. The maximum absolute atomic E-state index is 12.7. The Hall–Kier alpha value is -0.500. The van der Waals surface area contributed by atoms with Crippen LogP contribution in [-0.4, -0.2) is 18.1 Å². The topological polar surface area (TPSA) is 39.2 Å². The van der Waals surface area contributed by atoms with Crippen molar-refractivity contribution in [2.75, 3.05) is 7.11 Å². The fourth-order valence-corrected chi connectivity index (χ4v) is 2.28. The van der Waals surface area contributed by atoms with Gasteiger partial charge in [-0.2, -0.15) is 0 Å². The second-order valence-electron chi connectivity index (χ2n) is 3.17. The molecule has 3 nitrogen and oxygen atoms in total. The van der Waals surface area contributed by atoms with Gasteiger partial charge in [0.2, 0.25) is 0 Å². The highest BCUT2D eigenvalue weighted by Crippen LogP contribution is 2.25. The predicted molar refractivity (Wildman–Crippen MR) is 67.2 cm³/mol. The quantitative estimate of drug-likeness (QED) is 0.351. The van der Waals surface area contributed by atoms with E-state index in [2.05, 4.69) is 9.72 Å². The fraction of sp³-hybridized carbons (Fsp3) is 0.400. The van der Waals surface area contributed by atoms with Crippen molar-refractivity contribution in [3.63, 3.8) is 0 Å². The number of nitrogens with zero attached hydrogens (tertiary/aromatic N) is 1. The van der Waals surface area contributed by atoms with Crippen molar-refractivity contribution >= 4 is 40.2 Å². The number of pyridine rings is 1. The molecule has 94 valence electrons. The van der Waals surface area contributed by atoms with Crippen LogP contribution in [0.2, 0.25) is 0 Å². The molecule has 0 bridgehead atoms. The van der Waals surface area contributed by atoms with Gasteiger partial charge in [0.05, 0.1) is 13.5 Å². The van der Waals surface area contributed by atoms with Crippen LogP contribution >= 0.6 is 34.2 Å². The molecule has 0 fully saturated rings. The van der Waals surface area contributed by atoms with Crippen molar-refractivity contribution in [2.45, 2.75) is 18.7 Å². The van der Waals surface area contributed by atoms with Gasteiger partial charge in [-0.1, -0.05) is 0 Å². The van der Waals surface area contributed by atoms with Gasteiger partial charge in [0.1, 0.15) is 9.39 Å². The first-order valence-electron chi connectivity index (χ1n) is 4.58. The van der Waals surface area contributed by atoms with Crippen LogP contribution in [0, 0.1) is 3.70 Å². The van der Waals surface area contributed by atoms with E-state index in [1.54, 1.807) is 0 Å². The van der Waals surface area contributed by atoms with Crippen LogP contribution in [0.3, 0.4) is 0 Å². The SMILES string of the molecule is COC(=O)Cc1cc(CCl)c(I)nc1C(F)F. The molecule has 0 saturated heterocycles. The first-order chi connectivity index (χ1) is 7.99. The van der Waals surface area contributed by atoms with E-state index in [0.717, 1.165) is 0 Å². The van der Waals surface area contributed by atoms with Crippen LogP contribution in [0.4, 0.5) is 8.78 Å². The van der Waals surface area contributed by atoms with Gasteiger partial charge < -0.3 is 4.74 Å². The van der Waals surface area contributed by atoms with Crippen LogP contribution in [0.1, 0.15) is 23.2 Å². The van der Waals surface area contributed by atoms with Crippen molar-refractivity contribution in [2.24, 2.45) is 0 Å². The molecule has 0 radical (unpaired) electrons. The van der Waals surface area contributed by atoms with E-state index < -0.39 is 18.1 Å². The standard InChI is InChI=1S/C10H9ClF2INO2/c1-17-7(16)3-5-2-6(4-11)10(14)15-8(5)9(12)13/h2,9H,3-4H2,1H3. The average Bonchev–Trinajstić information content (AvgIpc) is 2.30. The van der Waals surface area contributed by atoms with Crippen LogP contribution in [0.25, 0.3) is 0 Å². The monoisotopic (exact) mass is 375 g/mol. The smallest absolute Gasteiger partial charge is 0.310 e. The van der Waals surface area contributed by atoms with Gasteiger partial charge in [-0.15, -0.1) is 11.6 Å². The van der Waals surface area contributed by atoms with Gasteiger partial charge in [0.25, 0.3) is 6.43 Å². The molecule has 0 aliphatic carbocycles. The molecule has 1 rings (SSSR count). The Morgan fingerprint density at radius 1 is 1.59 bits per heavy atom. The lowest BCUT2D eigenvalue weighted by atomic mass is 10.1. The summed E-state index contributed by atoms with van der Waals surface area (Å²) in [5.74, 6) is -0.432. The molecule has 1 aromatic heterocycles. The Kier molecular flexibility index (Phi) is 5.51. The molecule has 0 aliphatic heterocycles. The summed E-state index contributed by atoms with van der Waals surface area (Å²) in [5.41, 5.74) is 0.382. The normalized spacial score (nSPS) is 10.7. The minimum absolute atomic E-state index is 0.155. The highest BCUT2D eigenvalue weighted by molar-refractivity contribution is 14.1. The number of alkyl halides is 3. The molecule has 0 aromatic carbocycles. The summed E-state index contributed by atoms with van der Waals surface area (Å²) in [5, 5.41) is 0. The number of rotatable bonds is 4. The van der Waals surface area contributed by atoms with E-state index in [0.29, 0.717) is 9.26 Å². The molecule has 17 heavy (non-hydrogen) atoms. The number of hydrogen-bond donors (Lipinski definition) is 0. The Morgan fingerprint density at radius 3 is 2.71 bits per heavy atom. The number of hydrogen-bond acceptors (Lipinski definition) is 3. The van der Waals surface area contributed by atoms with Crippen LogP contribution in [-0.2, 0) is 21.8 Å². The molecular formula is C10H9ClF2INO2. The van der Waals surface area contributed by atoms with Crippen LogP contribution in [0.5, 0.6) is 0 Å². The van der Waals surface area contributed by atoms with Gasteiger partial charge in [-0.3, -0.25) is 4.79 Å². The molecule has 0 unspecified atom stereocenters. The van der Waals surface area contributed by atoms with Crippen molar-refractivity contribution in [3.05, 3.63) is 26.6 Å². The summed E-state index contributed by atoms with van der Waals surface area (Å²) in [6, 6.07) is 1.47. The zero-order valence-corrected chi connectivity index (χ0v) is 11.8. The van der Waals surface area contributed by atoms with E-state index in [9.17, 15) is 13.6 Å². The molecule has 0 spiro atoms. The molecule has 0 amide bonds. The van der Waals surface area contributed by atoms with Crippen LogP contribution in [0.15, 0.2) is 6.07 Å². The first-order valence-corrected chi connectivity index (χ1v) is 6.20. The lowest BCUT2D eigenvalue weighted by Crippen LogP contribution is -2.10. The summed E-state index contributed by atoms with van der Waals surface area (Å²) < 4.78 is 30.4. The Labute approximate surface area is 116 Å². The summed E-state index contributed by atoms with van der Waals surface area (Å²) >= 11 is 7.49. The summed E-state index contributed by atoms with van der Waals surface area (Å²) in [6.07, 6.45) is -2.96. The Balaban J connectivity index is 3.19. The second kappa shape index (κ2) is 6.44. The Morgan fingerprint density at radius 2 is 2.24 bits per heavy atom. The van der Waals surface area contributed by atoms with E-state index in [-0.39, 0.29) is 17.9 Å². The third-order valence-electron chi connectivity index (χ3n) is 2.07. The number of aromatic nitrogens is 1. The van der Waals surface area contributed by atoms with E-state index in [1.165, 1.54) is 13.2 Å². The fourth-order valence-electron chi connectivity index (χ4n) is 1.25. The predicted octanol–water partition coefficient (Wildman–Crippen LogP) is 3.08. The Bertz CT molecular complexity index is 429. The number of carbonyl (C=O) groups excluding carboxylic acids is 1. The summed E-state index contributed by atoms with van der Waals surface area (Å²) in [4.78, 5) is 14.9. The number of halogens is 4. The summed E-state index contributed by atoms with van der Waals surface area (Å²) in [7, 11) is 1.20. The molecule has 1 heterocycles. The summed E-state index contributed by atoms with van der Waals surface area (Å²) in [6.45, 7) is 0. The van der Waals surface area contributed by atoms with Crippen molar-refractivity contribution in [1.82, 2.24) is 4.98 Å². The molecular weight excluding hydrogens is 366 g/mol. The number of carbonyl (C=O) groups is 1. The second-order valence-corrected chi connectivity index (χ2v) is 4.46. The van der Waals surface area contributed by atoms with Crippen molar-refractivity contribution < 1.29 is 18.3 Å². The number of esters is 1. The third-order valence-corrected chi connectivity index (χ3v) is 3.30. The van der Waals surface area contributed by atoms with Crippen molar-refractivity contribution in [1.29, 1.82) is 0 Å². The average molecular weight is 376 g/mol. The third kappa shape index (κ3) is 3.74. The molecule has 0 saturated carbocycles. The van der Waals surface area contributed by atoms with Gasteiger partial charge in [-0.05, 0) is 39.8 Å². The molecule has 0 aliphatic rings. The minimum Gasteiger partial charge on any atom is -0.469 e. The van der Waals surface area contributed by atoms with Crippen molar-refractivity contribution in [3.8, 4) is 0 Å². The zero-order valence-electron chi connectivity index (χ0n) is 8.84. The van der Waals surface area contributed by atoms with Gasteiger partial charge >= 0.3 is 5.97 Å². The van der Waals surface area contributed by atoms with Gasteiger partial charge in [0, 0.05) is 5.88 Å². The molecule has 0 atom stereocenters. The zero-order chi connectivity index (χ0) is 13.0. The maximum Gasteiger partial charge on any atom is 0.310 e. The molecule has 7 heteroatoms. The highest BCUT2D eigenvalue weighted by Gasteiger charge is 2.19. The van der Waals surface area contributed by atoms with Crippen LogP contribution < -0.4 is 0 Å². The minimum atomic E-state index is -2.73. The van der Waals surface area contributed by atoms with E-state index in [4.69, 9.17) is 11.6 Å². The number of ether oxygens (including phenoxy) is 1. The van der Waals surface area contributed by atoms with E-state index in [1.807, 2.05) is 22.6 Å². The molecule has 0 N–H and O–H groups in total. The maximum atomic E-state index is 12.7.